The number of pyridine rings is 1. The zero-order valence-electron chi connectivity index (χ0n) is 16.0. The van der Waals surface area contributed by atoms with E-state index in [0.29, 0.717) is 17.2 Å². The molecular weight excluding hydrogens is 434 g/mol. The number of rotatable bonds is 7. The molecule has 2 N–H and O–H groups in total. The van der Waals surface area contributed by atoms with Crippen LogP contribution in [0, 0.1) is 0 Å². The highest BCUT2D eigenvalue weighted by Crippen LogP contribution is 2.48. The van der Waals surface area contributed by atoms with Crippen LogP contribution in [0.5, 0.6) is 11.5 Å². The Morgan fingerprint density at radius 3 is 2.62 bits per heavy atom. The van der Waals surface area contributed by atoms with Crippen molar-refractivity contribution in [3.63, 3.8) is 0 Å². The summed E-state index contributed by atoms with van der Waals surface area (Å²) in [4.78, 5) is 15.8. The molecule has 29 heavy (non-hydrogen) atoms. The first-order chi connectivity index (χ1) is 14.0. The molecule has 1 aromatic heterocycles. The molecule has 0 atom stereocenters. The van der Waals surface area contributed by atoms with Crippen molar-refractivity contribution in [1.29, 1.82) is 0 Å². The molecule has 2 aromatic carbocycles. The van der Waals surface area contributed by atoms with Gasteiger partial charge in [0.2, 0.25) is 0 Å². The lowest BCUT2D eigenvalue weighted by atomic mass is 10.2. The van der Waals surface area contributed by atoms with Gasteiger partial charge in [-0.2, -0.15) is 5.53 Å². The Labute approximate surface area is 177 Å². The number of nitrogens with zero attached hydrogens (tertiary/aromatic N) is 3. The summed E-state index contributed by atoms with van der Waals surface area (Å²) in [7, 11) is 3.57. The maximum Gasteiger partial charge on any atom is 0.269 e. The van der Waals surface area contributed by atoms with Crippen molar-refractivity contribution in [3.05, 3.63) is 76.5 Å². The number of hydrogen-bond donors (Lipinski definition) is 2. The fourth-order valence-electron chi connectivity index (χ4n) is 2.94. The van der Waals surface area contributed by atoms with E-state index in [1.807, 2.05) is 47.4 Å². The van der Waals surface area contributed by atoms with Gasteiger partial charge in [0.05, 0.1) is 11.4 Å². The summed E-state index contributed by atoms with van der Waals surface area (Å²) in [6.07, 6.45) is 1.56. The molecular formula is C21H20BrN5O2. The number of amides is 1. The minimum absolute atomic E-state index is 0.250. The van der Waals surface area contributed by atoms with Gasteiger partial charge in [0.15, 0.2) is 0 Å². The molecule has 0 saturated carbocycles. The van der Waals surface area contributed by atoms with E-state index in [4.69, 9.17) is 4.74 Å². The van der Waals surface area contributed by atoms with E-state index in [-0.39, 0.29) is 5.91 Å². The van der Waals surface area contributed by atoms with E-state index in [9.17, 15) is 4.79 Å². The molecule has 3 aromatic rings. The molecule has 148 valence electrons. The van der Waals surface area contributed by atoms with Crippen LogP contribution in [0.4, 0.5) is 11.4 Å². The van der Waals surface area contributed by atoms with Crippen LogP contribution in [0.3, 0.4) is 0 Å². The number of fused-ring (bicyclic) bond motifs is 1. The fourth-order valence-corrected chi connectivity index (χ4v) is 3.20. The maximum absolute atomic E-state index is 11.7. The molecule has 0 radical (unpaired) electrons. The molecule has 0 spiro atoms. The molecule has 0 fully saturated rings. The molecule has 0 bridgehead atoms. The SMILES string of the molecule is CNC(=O)c1cc(Oc2ccc3c(c2)N3NN(C)Cc2ccc(Br)cc2)ccn1. The third-order valence-electron chi connectivity index (χ3n) is 4.41. The van der Waals surface area contributed by atoms with Crippen LogP contribution < -0.4 is 20.6 Å². The van der Waals surface area contributed by atoms with Crippen molar-refractivity contribution in [2.24, 2.45) is 0 Å². The van der Waals surface area contributed by atoms with Crippen LogP contribution in [-0.2, 0) is 6.54 Å². The summed E-state index contributed by atoms with van der Waals surface area (Å²) in [5.74, 6) is 1.00. The third-order valence-corrected chi connectivity index (χ3v) is 4.94. The number of aromatic nitrogens is 1. The predicted molar refractivity (Wildman–Crippen MR) is 115 cm³/mol. The monoisotopic (exact) mass is 453 g/mol. The largest absolute Gasteiger partial charge is 0.457 e. The second-order valence-electron chi connectivity index (χ2n) is 6.63. The van der Waals surface area contributed by atoms with E-state index in [2.05, 4.69) is 43.9 Å². The number of hydrogen-bond acceptors (Lipinski definition) is 6. The lowest BCUT2D eigenvalue weighted by Gasteiger charge is -2.19. The molecule has 2 heterocycles. The van der Waals surface area contributed by atoms with Crippen molar-refractivity contribution < 1.29 is 9.53 Å². The lowest BCUT2D eigenvalue weighted by molar-refractivity contribution is 0.0958. The Morgan fingerprint density at radius 2 is 1.86 bits per heavy atom. The van der Waals surface area contributed by atoms with Crippen LogP contribution >= 0.6 is 15.9 Å². The first-order valence-electron chi connectivity index (χ1n) is 9.05. The van der Waals surface area contributed by atoms with Gasteiger partial charge >= 0.3 is 0 Å². The summed E-state index contributed by atoms with van der Waals surface area (Å²) in [6, 6.07) is 17.4. The van der Waals surface area contributed by atoms with Crippen LogP contribution in [0.2, 0.25) is 0 Å². The second kappa shape index (κ2) is 8.20. The Balaban J connectivity index is 1.37. The Bertz CT molecular complexity index is 1040. The summed E-state index contributed by atoms with van der Waals surface area (Å²) in [5, 5.41) is 6.57. The van der Waals surface area contributed by atoms with Gasteiger partial charge in [-0.1, -0.05) is 28.1 Å². The number of carbonyl (C=O) groups is 1. The molecule has 4 rings (SSSR count). The van der Waals surface area contributed by atoms with Crippen LogP contribution in [0.1, 0.15) is 16.1 Å². The van der Waals surface area contributed by atoms with Gasteiger partial charge in [-0.25, -0.2) is 5.01 Å². The minimum atomic E-state index is -0.250. The van der Waals surface area contributed by atoms with E-state index in [1.54, 1.807) is 25.4 Å². The van der Waals surface area contributed by atoms with Crippen molar-refractivity contribution >= 4 is 33.2 Å². The van der Waals surface area contributed by atoms with E-state index in [0.717, 1.165) is 22.4 Å². The highest BCUT2D eigenvalue weighted by atomic mass is 79.9. The first-order valence-corrected chi connectivity index (χ1v) is 9.85. The van der Waals surface area contributed by atoms with Gasteiger partial charge < -0.3 is 10.1 Å². The van der Waals surface area contributed by atoms with E-state index >= 15 is 0 Å². The lowest BCUT2D eigenvalue weighted by Crippen LogP contribution is -2.39. The Morgan fingerprint density at radius 1 is 1.10 bits per heavy atom. The summed E-state index contributed by atoms with van der Waals surface area (Å²) >= 11 is 3.45. The number of halogens is 1. The van der Waals surface area contributed by atoms with Gasteiger partial charge in [0, 0.05) is 43.4 Å². The van der Waals surface area contributed by atoms with Crippen LogP contribution in [0.25, 0.3) is 0 Å². The smallest absolute Gasteiger partial charge is 0.269 e. The molecule has 7 nitrogen and oxygen atoms in total. The zero-order valence-corrected chi connectivity index (χ0v) is 17.6. The van der Waals surface area contributed by atoms with Crippen LogP contribution in [-0.4, -0.2) is 30.0 Å². The predicted octanol–water partition coefficient (Wildman–Crippen LogP) is 4.00. The number of carbonyl (C=O) groups excluding carboxylic acids is 1. The molecule has 0 saturated heterocycles. The normalized spacial score (nSPS) is 11.9. The topological polar surface area (TPSA) is 69.5 Å². The first kappa shape index (κ1) is 19.4. The summed E-state index contributed by atoms with van der Waals surface area (Å²) in [6.45, 7) is 0.764. The molecule has 0 unspecified atom stereocenters. The van der Waals surface area contributed by atoms with Gasteiger partial charge in [-0.05, 0) is 35.9 Å². The molecule has 0 aliphatic carbocycles. The second-order valence-corrected chi connectivity index (χ2v) is 7.54. The van der Waals surface area contributed by atoms with Gasteiger partial charge in [0.25, 0.3) is 5.91 Å². The fraction of sp³-hybridized carbons (Fsp3) is 0.143. The Kier molecular flexibility index (Phi) is 5.48. The number of ether oxygens (including phenoxy) is 1. The number of nitrogens with one attached hydrogen (secondary N) is 2. The standard InChI is InChI=1S/C21H20BrN5O2/c1-23-21(28)18-11-17(9-10-24-18)29-16-7-8-19-20(12-16)27(19)25-26(2)13-14-3-5-15(22)6-4-14/h3-12,25H,13H2,1-2H3,(H,23,28). The number of anilines is 2. The molecule has 1 amide bonds. The highest BCUT2D eigenvalue weighted by Gasteiger charge is 2.30. The number of benzene rings is 2. The van der Waals surface area contributed by atoms with E-state index in [1.165, 1.54) is 5.56 Å². The molecule has 1 aliphatic rings. The minimum Gasteiger partial charge on any atom is -0.457 e. The van der Waals surface area contributed by atoms with Gasteiger partial charge in [-0.15, -0.1) is 0 Å². The van der Waals surface area contributed by atoms with Crippen LogP contribution in [0.15, 0.2) is 65.3 Å². The van der Waals surface area contributed by atoms with Crippen molar-refractivity contribution in [3.8, 4) is 11.5 Å². The Hall–Kier alpha value is -2.94. The average Bonchev–Trinajstić information content (AvgIpc) is 3.40. The zero-order chi connectivity index (χ0) is 20.4. The average molecular weight is 454 g/mol. The van der Waals surface area contributed by atoms with Crippen molar-refractivity contribution in [2.45, 2.75) is 6.54 Å². The quantitative estimate of drug-likeness (QED) is 0.416. The third kappa shape index (κ3) is 4.56. The van der Waals surface area contributed by atoms with Crippen molar-refractivity contribution in [1.82, 2.24) is 20.8 Å². The number of hydrazine groups is 2. The van der Waals surface area contributed by atoms with Crippen molar-refractivity contribution in [2.75, 3.05) is 19.1 Å². The van der Waals surface area contributed by atoms with Gasteiger partial charge in [0.1, 0.15) is 17.2 Å². The maximum atomic E-state index is 11.7. The summed E-state index contributed by atoms with van der Waals surface area (Å²) < 4.78 is 6.96. The van der Waals surface area contributed by atoms with E-state index < -0.39 is 0 Å². The van der Waals surface area contributed by atoms with Gasteiger partial charge in [-0.3, -0.25) is 14.8 Å². The molecule has 8 heteroatoms. The summed E-state index contributed by atoms with van der Waals surface area (Å²) in [5.41, 5.74) is 7.01. The molecule has 1 aliphatic heterocycles. The highest BCUT2D eigenvalue weighted by molar-refractivity contribution is 9.10.